The summed E-state index contributed by atoms with van der Waals surface area (Å²) in [5, 5.41) is 18.6. The first-order valence-corrected chi connectivity index (χ1v) is 12.4. The van der Waals surface area contributed by atoms with Crippen LogP contribution >= 0.6 is 0 Å². The van der Waals surface area contributed by atoms with Crippen molar-refractivity contribution in [1.82, 2.24) is 9.97 Å². The van der Waals surface area contributed by atoms with Gasteiger partial charge in [0.25, 0.3) is 0 Å². The molecule has 4 nitrogen and oxygen atoms in total. The number of aromatic nitrogens is 2. The Balaban J connectivity index is 0.000000327. The minimum Gasteiger partial charge on any atom is -0.393 e. The molecule has 36 heavy (non-hydrogen) atoms. The average Bonchev–Trinajstić information content (AvgIpc) is 2.90. The quantitative estimate of drug-likeness (QED) is 0.191. The van der Waals surface area contributed by atoms with Gasteiger partial charge in [-0.2, -0.15) is 0 Å². The van der Waals surface area contributed by atoms with E-state index in [0.717, 1.165) is 59.5 Å². The van der Waals surface area contributed by atoms with Crippen LogP contribution in [0.25, 0.3) is 33.8 Å². The van der Waals surface area contributed by atoms with E-state index < -0.39 is 0 Å². The SMILES string of the molecule is CCCC(O)CC(O)CCC.[Ir].[c-]1ccccc1-c1ncc(-c2ccccc2)nc1-c1ccccc1. The van der Waals surface area contributed by atoms with Gasteiger partial charge in [0.1, 0.15) is 0 Å². The Kier molecular flexibility index (Phi) is 13.2. The van der Waals surface area contributed by atoms with Crippen molar-refractivity contribution in [3.05, 3.63) is 97.2 Å². The number of hydrogen-bond donors (Lipinski definition) is 2. The second kappa shape index (κ2) is 16.1. The van der Waals surface area contributed by atoms with Crippen molar-refractivity contribution in [3.8, 4) is 33.8 Å². The zero-order valence-corrected chi connectivity index (χ0v) is 23.4. The molecule has 4 aromatic rings. The molecule has 0 fully saturated rings. The molecule has 3 aromatic carbocycles. The van der Waals surface area contributed by atoms with Crippen LogP contribution in [0.4, 0.5) is 0 Å². The monoisotopic (exact) mass is 660 g/mol. The summed E-state index contributed by atoms with van der Waals surface area (Å²) in [7, 11) is 0. The Morgan fingerprint density at radius 3 is 1.81 bits per heavy atom. The van der Waals surface area contributed by atoms with Gasteiger partial charge in [-0.05, 0) is 24.8 Å². The van der Waals surface area contributed by atoms with Gasteiger partial charge in [-0.3, -0.25) is 4.98 Å². The molecule has 2 N–H and O–H groups in total. The third-order valence-electron chi connectivity index (χ3n) is 5.64. The van der Waals surface area contributed by atoms with Crippen LogP contribution in [-0.4, -0.2) is 32.4 Å². The molecule has 0 spiro atoms. The Morgan fingerprint density at radius 1 is 0.722 bits per heavy atom. The van der Waals surface area contributed by atoms with Gasteiger partial charge in [0.2, 0.25) is 0 Å². The number of rotatable bonds is 9. The van der Waals surface area contributed by atoms with Crippen LogP contribution in [0.3, 0.4) is 0 Å². The summed E-state index contributed by atoms with van der Waals surface area (Å²) >= 11 is 0. The summed E-state index contributed by atoms with van der Waals surface area (Å²) in [5.74, 6) is 0. The first kappa shape index (κ1) is 29.5. The number of aliphatic hydroxyl groups is 2. The zero-order valence-electron chi connectivity index (χ0n) is 21.0. The fourth-order valence-electron chi connectivity index (χ4n) is 3.89. The number of hydrogen-bond acceptors (Lipinski definition) is 4. The van der Waals surface area contributed by atoms with E-state index in [1.165, 1.54) is 0 Å². The van der Waals surface area contributed by atoms with Crippen molar-refractivity contribution in [2.75, 3.05) is 0 Å². The van der Waals surface area contributed by atoms with E-state index in [2.05, 4.69) is 18.2 Å². The molecule has 1 aromatic heterocycles. The number of aliphatic hydroxyl groups excluding tert-OH is 2. The Hall–Kier alpha value is -2.69. The molecular formula is C31H35IrN2O2-. The van der Waals surface area contributed by atoms with Crippen LogP contribution in [-0.2, 0) is 20.1 Å². The van der Waals surface area contributed by atoms with Gasteiger partial charge in [-0.25, -0.2) is 0 Å². The molecule has 0 aliphatic rings. The minimum atomic E-state index is -0.304. The van der Waals surface area contributed by atoms with E-state index >= 15 is 0 Å². The normalized spacial score (nSPS) is 12.0. The van der Waals surface area contributed by atoms with Crippen molar-refractivity contribution in [3.63, 3.8) is 0 Å². The van der Waals surface area contributed by atoms with Crippen molar-refractivity contribution < 1.29 is 30.3 Å². The minimum absolute atomic E-state index is 0. The van der Waals surface area contributed by atoms with Crippen molar-refractivity contribution >= 4 is 0 Å². The Bertz CT molecular complexity index is 1120. The first-order chi connectivity index (χ1) is 17.1. The Labute approximate surface area is 228 Å². The molecule has 0 bridgehead atoms. The fraction of sp³-hybridized carbons (Fsp3) is 0.290. The van der Waals surface area contributed by atoms with E-state index in [0.29, 0.717) is 6.42 Å². The third kappa shape index (κ3) is 9.07. The van der Waals surface area contributed by atoms with Gasteiger partial charge in [0.05, 0.1) is 23.6 Å². The molecule has 0 aliphatic carbocycles. The summed E-state index contributed by atoms with van der Waals surface area (Å²) in [6.45, 7) is 4.07. The van der Waals surface area contributed by atoms with Gasteiger partial charge < -0.3 is 15.2 Å². The van der Waals surface area contributed by atoms with Crippen molar-refractivity contribution in [2.45, 2.75) is 58.2 Å². The smallest absolute Gasteiger partial charge is 0.0873 e. The van der Waals surface area contributed by atoms with Gasteiger partial charge in [0, 0.05) is 37.6 Å². The molecule has 0 saturated carbocycles. The predicted octanol–water partition coefficient (Wildman–Crippen LogP) is 6.97. The van der Waals surface area contributed by atoms with Crippen molar-refractivity contribution in [2.24, 2.45) is 0 Å². The number of benzene rings is 3. The molecule has 191 valence electrons. The molecule has 0 amide bonds. The van der Waals surface area contributed by atoms with E-state index in [1.807, 2.05) is 92.8 Å². The van der Waals surface area contributed by atoms with Crippen molar-refractivity contribution in [1.29, 1.82) is 0 Å². The molecule has 2 unspecified atom stereocenters. The predicted molar refractivity (Wildman–Crippen MR) is 144 cm³/mol. The van der Waals surface area contributed by atoms with E-state index in [1.54, 1.807) is 0 Å². The molecule has 5 heteroatoms. The Morgan fingerprint density at radius 2 is 1.28 bits per heavy atom. The van der Waals surface area contributed by atoms with E-state index in [4.69, 9.17) is 9.97 Å². The molecule has 4 rings (SSSR count). The standard InChI is InChI=1S/C22H15N2.C9H20O2.Ir/c1-4-10-17(11-5-1)20-16-23-21(18-12-6-2-7-13-18)22(24-20)19-14-8-3-9-15-19;1-3-5-8(10)7-9(11)6-4-2;/h1-12,14-16H;8-11H,3-7H2,1-2H3;/q-1;;. The van der Waals surface area contributed by atoms with Crippen LogP contribution in [0.15, 0.2) is 91.1 Å². The molecular weight excluding hydrogens is 625 g/mol. The van der Waals surface area contributed by atoms with Gasteiger partial charge in [0.15, 0.2) is 0 Å². The summed E-state index contributed by atoms with van der Waals surface area (Å²) < 4.78 is 0. The second-order valence-electron chi connectivity index (χ2n) is 8.58. The maximum Gasteiger partial charge on any atom is 0.0873 e. The van der Waals surface area contributed by atoms with Crippen LogP contribution in [0.2, 0.25) is 0 Å². The molecule has 0 saturated heterocycles. The molecule has 1 heterocycles. The average molecular weight is 660 g/mol. The topological polar surface area (TPSA) is 66.2 Å². The first-order valence-electron chi connectivity index (χ1n) is 12.4. The summed E-state index contributed by atoms with van der Waals surface area (Å²) in [5.41, 5.74) is 5.65. The van der Waals surface area contributed by atoms with Gasteiger partial charge >= 0.3 is 0 Å². The zero-order chi connectivity index (χ0) is 24.9. The van der Waals surface area contributed by atoms with Crippen LogP contribution < -0.4 is 0 Å². The van der Waals surface area contributed by atoms with Crippen LogP contribution in [0.1, 0.15) is 46.0 Å². The summed E-state index contributed by atoms with van der Waals surface area (Å²) in [6.07, 6.45) is 5.35. The molecule has 2 atom stereocenters. The van der Waals surface area contributed by atoms with Crippen LogP contribution in [0.5, 0.6) is 0 Å². The van der Waals surface area contributed by atoms with Gasteiger partial charge in [-0.1, -0.05) is 87.4 Å². The van der Waals surface area contributed by atoms with E-state index in [9.17, 15) is 10.2 Å². The summed E-state index contributed by atoms with van der Waals surface area (Å²) in [4.78, 5) is 9.61. The third-order valence-corrected chi connectivity index (χ3v) is 5.64. The van der Waals surface area contributed by atoms with Crippen LogP contribution in [0, 0.1) is 6.07 Å². The number of nitrogens with zero attached hydrogens (tertiary/aromatic N) is 2. The van der Waals surface area contributed by atoms with E-state index in [-0.39, 0.29) is 32.3 Å². The largest absolute Gasteiger partial charge is 0.393 e. The molecule has 1 radical (unpaired) electrons. The maximum atomic E-state index is 9.29. The maximum absolute atomic E-state index is 9.29. The fourth-order valence-corrected chi connectivity index (χ4v) is 3.89. The summed E-state index contributed by atoms with van der Waals surface area (Å²) in [6, 6.07) is 31.4. The van der Waals surface area contributed by atoms with Gasteiger partial charge in [-0.15, -0.1) is 35.9 Å². The molecule has 0 aliphatic heterocycles. The second-order valence-corrected chi connectivity index (χ2v) is 8.58.